The predicted molar refractivity (Wildman–Crippen MR) is 158 cm³/mol. The van der Waals surface area contributed by atoms with E-state index < -0.39 is 0 Å². The number of aryl methyl sites for hydroxylation is 2. The van der Waals surface area contributed by atoms with Crippen molar-refractivity contribution in [3.8, 4) is 0 Å². The average Bonchev–Trinajstić information content (AvgIpc) is 2.95. The Morgan fingerprint density at radius 3 is 1.59 bits per heavy atom. The van der Waals surface area contributed by atoms with Crippen molar-refractivity contribution in [2.24, 2.45) is 0 Å². The summed E-state index contributed by atoms with van der Waals surface area (Å²) in [6.45, 7) is 4.15. The molecule has 5 aromatic carbocycles. The van der Waals surface area contributed by atoms with Gasteiger partial charge < -0.3 is 13.7 Å². The minimum Gasteiger partial charge on any atom is -0.456 e. The first-order valence-electron chi connectivity index (χ1n) is 12.8. The standard InChI is InChI=1S/C34H23NO4/c1-20-9-3-6-12-27(20)35(28-13-7-4-10-21(28)2)22-15-16-30-24(17-22)34(37)26-19-31-25(18-32(26)39-30)33(36)23-11-5-8-14-29(23)38-31/h3-19H,1-2H3. The van der Waals surface area contributed by atoms with Crippen LogP contribution in [0.4, 0.5) is 17.1 Å². The van der Waals surface area contributed by atoms with Crippen LogP contribution in [-0.4, -0.2) is 0 Å². The molecule has 0 aliphatic rings. The molecule has 2 heterocycles. The first-order chi connectivity index (χ1) is 19.0. The molecule has 0 saturated carbocycles. The minimum atomic E-state index is -0.180. The molecule has 0 fully saturated rings. The number of rotatable bonds is 3. The number of hydrogen-bond acceptors (Lipinski definition) is 5. The molecule has 0 aliphatic heterocycles. The molecule has 0 atom stereocenters. The van der Waals surface area contributed by atoms with Crippen molar-refractivity contribution >= 4 is 60.9 Å². The Morgan fingerprint density at radius 2 is 0.974 bits per heavy atom. The van der Waals surface area contributed by atoms with E-state index in [2.05, 4.69) is 43.0 Å². The lowest BCUT2D eigenvalue weighted by atomic mass is 10.1. The second-order valence-corrected chi connectivity index (χ2v) is 9.79. The van der Waals surface area contributed by atoms with Crippen molar-refractivity contribution in [1.82, 2.24) is 0 Å². The number of hydrogen-bond donors (Lipinski definition) is 0. The van der Waals surface area contributed by atoms with Gasteiger partial charge in [0.15, 0.2) is 0 Å². The lowest BCUT2D eigenvalue weighted by Gasteiger charge is -2.28. The van der Waals surface area contributed by atoms with Gasteiger partial charge in [0.1, 0.15) is 22.3 Å². The normalized spacial score (nSPS) is 11.5. The largest absolute Gasteiger partial charge is 0.456 e. The predicted octanol–water partition coefficient (Wildman–Crippen LogP) is 8.29. The Bertz CT molecular complexity index is 2160. The fraction of sp³-hybridized carbons (Fsp3) is 0.0588. The topological polar surface area (TPSA) is 63.7 Å². The number of para-hydroxylation sites is 3. The van der Waals surface area contributed by atoms with E-state index in [1.54, 1.807) is 30.3 Å². The molecule has 0 amide bonds. The van der Waals surface area contributed by atoms with Crippen molar-refractivity contribution < 1.29 is 8.83 Å². The Hall–Kier alpha value is -5.16. The highest BCUT2D eigenvalue weighted by Crippen LogP contribution is 2.39. The SMILES string of the molecule is Cc1ccccc1N(c1ccc2oc3cc4c(=O)c5ccccc5oc4cc3c(=O)c2c1)c1ccccc1C. The molecule has 0 saturated heterocycles. The van der Waals surface area contributed by atoms with Gasteiger partial charge in [-0.15, -0.1) is 0 Å². The zero-order chi connectivity index (χ0) is 26.7. The molecule has 7 rings (SSSR count). The van der Waals surface area contributed by atoms with Crippen molar-refractivity contribution in [2.75, 3.05) is 4.90 Å². The molecule has 39 heavy (non-hydrogen) atoms. The Balaban J connectivity index is 1.50. The smallest absolute Gasteiger partial charge is 0.200 e. The first kappa shape index (κ1) is 23.0. The maximum absolute atomic E-state index is 13.9. The van der Waals surface area contributed by atoms with Crippen LogP contribution in [-0.2, 0) is 0 Å². The van der Waals surface area contributed by atoms with E-state index >= 15 is 0 Å². The van der Waals surface area contributed by atoms with E-state index in [4.69, 9.17) is 8.83 Å². The number of benzene rings is 5. The Labute approximate surface area is 223 Å². The van der Waals surface area contributed by atoms with Crippen LogP contribution < -0.4 is 15.8 Å². The van der Waals surface area contributed by atoms with Gasteiger partial charge in [0.05, 0.1) is 21.5 Å². The van der Waals surface area contributed by atoms with Crippen LogP contribution in [0.15, 0.2) is 122 Å². The summed E-state index contributed by atoms with van der Waals surface area (Å²) in [5.41, 5.74) is 6.42. The van der Waals surface area contributed by atoms with Crippen LogP contribution in [0.1, 0.15) is 11.1 Å². The summed E-state index contributed by atoms with van der Waals surface area (Å²) in [6, 6.07) is 32.4. The summed E-state index contributed by atoms with van der Waals surface area (Å²) < 4.78 is 12.2. The van der Waals surface area contributed by atoms with E-state index in [1.165, 1.54) is 0 Å². The molecule has 0 spiro atoms. The molecule has 0 unspecified atom stereocenters. The molecule has 0 bridgehead atoms. The molecule has 0 N–H and O–H groups in total. The molecule has 7 aromatic rings. The fourth-order valence-corrected chi connectivity index (χ4v) is 5.31. The van der Waals surface area contributed by atoms with Crippen LogP contribution in [0.2, 0.25) is 0 Å². The van der Waals surface area contributed by atoms with Gasteiger partial charge in [0, 0.05) is 17.1 Å². The van der Waals surface area contributed by atoms with Crippen LogP contribution in [0.5, 0.6) is 0 Å². The third-order valence-electron chi connectivity index (χ3n) is 7.32. The summed E-state index contributed by atoms with van der Waals surface area (Å²) in [4.78, 5) is 29.2. The maximum atomic E-state index is 13.9. The molecule has 2 aromatic heterocycles. The third kappa shape index (κ3) is 3.62. The lowest BCUT2D eigenvalue weighted by Crippen LogP contribution is -2.13. The van der Waals surface area contributed by atoms with Gasteiger partial charge in [-0.2, -0.15) is 0 Å². The van der Waals surface area contributed by atoms with Gasteiger partial charge in [0.25, 0.3) is 0 Å². The Kier molecular flexibility index (Phi) is 5.13. The average molecular weight is 510 g/mol. The van der Waals surface area contributed by atoms with Crippen LogP contribution >= 0.6 is 0 Å². The van der Waals surface area contributed by atoms with E-state index in [0.29, 0.717) is 43.9 Å². The first-order valence-corrected chi connectivity index (χ1v) is 12.8. The second-order valence-electron chi connectivity index (χ2n) is 9.79. The summed E-state index contributed by atoms with van der Waals surface area (Å²) in [5.74, 6) is 0. The van der Waals surface area contributed by atoms with Gasteiger partial charge >= 0.3 is 0 Å². The molecule has 0 radical (unpaired) electrons. The number of fused-ring (bicyclic) bond motifs is 4. The molecular formula is C34H23NO4. The lowest BCUT2D eigenvalue weighted by molar-refractivity contribution is 0.652. The fourth-order valence-electron chi connectivity index (χ4n) is 5.31. The zero-order valence-corrected chi connectivity index (χ0v) is 21.4. The third-order valence-corrected chi connectivity index (χ3v) is 7.32. The highest BCUT2D eigenvalue weighted by molar-refractivity contribution is 6.01. The van der Waals surface area contributed by atoms with Crippen molar-refractivity contribution in [3.05, 3.63) is 135 Å². The van der Waals surface area contributed by atoms with Crippen LogP contribution in [0.25, 0.3) is 43.9 Å². The molecule has 188 valence electrons. The van der Waals surface area contributed by atoms with Gasteiger partial charge in [-0.3, -0.25) is 9.59 Å². The van der Waals surface area contributed by atoms with Gasteiger partial charge in [-0.05, 0) is 79.6 Å². The van der Waals surface area contributed by atoms with Crippen LogP contribution in [0, 0.1) is 13.8 Å². The van der Waals surface area contributed by atoms with E-state index in [1.807, 2.05) is 48.5 Å². The summed E-state index contributed by atoms with van der Waals surface area (Å²) in [7, 11) is 0. The quantitative estimate of drug-likeness (QED) is 0.224. The van der Waals surface area contributed by atoms with E-state index in [0.717, 1.165) is 28.2 Å². The monoisotopic (exact) mass is 509 g/mol. The van der Waals surface area contributed by atoms with Crippen molar-refractivity contribution in [2.45, 2.75) is 13.8 Å². The minimum absolute atomic E-state index is 0.154. The van der Waals surface area contributed by atoms with E-state index in [-0.39, 0.29) is 10.9 Å². The Morgan fingerprint density at radius 1 is 0.487 bits per heavy atom. The molecule has 5 nitrogen and oxygen atoms in total. The summed E-state index contributed by atoms with van der Waals surface area (Å²) in [6.07, 6.45) is 0. The maximum Gasteiger partial charge on any atom is 0.200 e. The summed E-state index contributed by atoms with van der Waals surface area (Å²) >= 11 is 0. The number of anilines is 3. The van der Waals surface area contributed by atoms with Crippen LogP contribution in [0.3, 0.4) is 0 Å². The van der Waals surface area contributed by atoms with E-state index in [9.17, 15) is 9.59 Å². The molecule has 0 aliphatic carbocycles. The zero-order valence-electron chi connectivity index (χ0n) is 21.4. The highest BCUT2D eigenvalue weighted by atomic mass is 16.3. The molecule has 5 heteroatoms. The van der Waals surface area contributed by atoms with Crippen molar-refractivity contribution in [1.29, 1.82) is 0 Å². The summed E-state index contributed by atoms with van der Waals surface area (Å²) in [5, 5.41) is 1.69. The highest BCUT2D eigenvalue weighted by Gasteiger charge is 2.19. The molecular weight excluding hydrogens is 486 g/mol. The number of nitrogens with zero attached hydrogens (tertiary/aromatic N) is 1. The van der Waals surface area contributed by atoms with Gasteiger partial charge in [-0.1, -0.05) is 48.5 Å². The van der Waals surface area contributed by atoms with Gasteiger partial charge in [-0.25, -0.2) is 0 Å². The van der Waals surface area contributed by atoms with Gasteiger partial charge in [0.2, 0.25) is 10.9 Å². The van der Waals surface area contributed by atoms with Crippen molar-refractivity contribution in [3.63, 3.8) is 0 Å². The second kappa shape index (κ2) is 8.71.